The lowest BCUT2D eigenvalue weighted by molar-refractivity contribution is -0.133. The van der Waals surface area contributed by atoms with Crippen LogP contribution >= 0.6 is 11.3 Å². The van der Waals surface area contributed by atoms with Gasteiger partial charge in [-0.05, 0) is 35.2 Å². The predicted molar refractivity (Wildman–Crippen MR) is 80.3 cm³/mol. The summed E-state index contributed by atoms with van der Waals surface area (Å²) in [5.41, 5.74) is 1.09. The van der Waals surface area contributed by atoms with E-state index in [1.54, 1.807) is 29.9 Å². The van der Waals surface area contributed by atoms with Crippen LogP contribution in [0.3, 0.4) is 0 Å². The molecule has 1 fully saturated rings. The maximum Gasteiger partial charge on any atom is 0.232 e. The number of piperidine rings is 1. The topological polar surface area (TPSA) is 55.3 Å². The molecule has 0 radical (unpaired) electrons. The van der Waals surface area contributed by atoms with Crippen LogP contribution in [0.1, 0.15) is 18.4 Å². The van der Waals surface area contributed by atoms with E-state index in [-0.39, 0.29) is 12.0 Å². The number of carbonyl (C=O) groups excluding carboxylic acids is 1. The quantitative estimate of drug-likeness (QED) is 0.868. The Morgan fingerprint density at radius 1 is 1.48 bits per heavy atom. The summed E-state index contributed by atoms with van der Waals surface area (Å²) in [6, 6.07) is 2.00. The van der Waals surface area contributed by atoms with Crippen molar-refractivity contribution < 1.29 is 9.53 Å². The SMILES string of the molecule is O=C(Cc1ccsc1)N1CCC[C@H](Oc2cnccn2)C1. The van der Waals surface area contributed by atoms with Gasteiger partial charge in [-0.3, -0.25) is 9.78 Å². The molecule has 0 aliphatic carbocycles. The van der Waals surface area contributed by atoms with E-state index < -0.39 is 0 Å². The first-order valence-corrected chi connectivity index (χ1v) is 7.97. The largest absolute Gasteiger partial charge is 0.471 e. The van der Waals surface area contributed by atoms with E-state index in [4.69, 9.17) is 4.74 Å². The second-order valence-corrected chi connectivity index (χ2v) is 5.85. The summed E-state index contributed by atoms with van der Waals surface area (Å²) in [4.78, 5) is 22.3. The van der Waals surface area contributed by atoms with Gasteiger partial charge in [-0.15, -0.1) is 0 Å². The lowest BCUT2D eigenvalue weighted by atomic mass is 10.1. The molecule has 0 unspecified atom stereocenters. The highest BCUT2D eigenvalue weighted by molar-refractivity contribution is 7.07. The Kier molecular flexibility index (Phi) is 4.45. The molecule has 0 N–H and O–H groups in total. The fourth-order valence-electron chi connectivity index (χ4n) is 2.46. The van der Waals surface area contributed by atoms with Crippen molar-refractivity contribution in [2.24, 2.45) is 0 Å². The minimum Gasteiger partial charge on any atom is -0.471 e. The number of aromatic nitrogens is 2. The molecule has 2 aromatic heterocycles. The monoisotopic (exact) mass is 303 g/mol. The summed E-state index contributed by atoms with van der Waals surface area (Å²) >= 11 is 1.62. The average Bonchev–Trinajstić information content (AvgIpc) is 3.01. The van der Waals surface area contributed by atoms with Crippen LogP contribution in [0.4, 0.5) is 0 Å². The van der Waals surface area contributed by atoms with E-state index in [1.807, 2.05) is 21.7 Å². The molecule has 1 aliphatic rings. The van der Waals surface area contributed by atoms with Crippen molar-refractivity contribution >= 4 is 17.2 Å². The fraction of sp³-hybridized carbons (Fsp3) is 0.400. The van der Waals surface area contributed by atoms with Gasteiger partial charge in [0, 0.05) is 18.9 Å². The number of thiophene rings is 1. The van der Waals surface area contributed by atoms with Gasteiger partial charge in [-0.1, -0.05) is 0 Å². The fourth-order valence-corrected chi connectivity index (χ4v) is 3.13. The van der Waals surface area contributed by atoms with Crippen molar-refractivity contribution in [1.82, 2.24) is 14.9 Å². The molecular weight excluding hydrogens is 286 g/mol. The Hall–Kier alpha value is -1.95. The van der Waals surface area contributed by atoms with Crippen LogP contribution in [0, 0.1) is 0 Å². The Balaban J connectivity index is 1.56. The van der Waals surface area contributed by atoms with Crippen molar-refractivity contribution in [3.05, 3.63) is 41.0 Å². The zero-order valence-electron chi connectivity index (χ0n) is 11.6. The second-order valence-electron chi connectivity index (χ2n) is 5.07. The third-order valence-electron chi connectivity index (χ3n) is 3.49. The molecular formula is C15H17N3O2S. The van der Waals surface area contributed by atoms with Gasteiger partial charge < -0.3 is 9.64 Å². The maximum atomic E-state index is 12.3. The highest BCUT2D eigenvalue weighted by atomic mass is 32.1. The molecule has 3 heterocycles. The van der Waals surface area contributed by atoms with E-state index in [0.29, 0.717) is 18.8 Å². The second kappa shape index (κ2) is 6.67. The lowest BCUT2D eigenvalue weighted by Gasteiger charge is -2.32. The minimum absolute atomic E-state index is 0.00174. The van der Waals surface area contributed by atoms with Gasteiger partial charge >= 0.3 is 0 Å². The predicted octanol–water partition coefficient (Wildman–Crippen LogP) is 2.15. The van der Waals surface area contributed by atoms with Gasteiger partial charge in [-0.2, -0.15) is 11.3 Å². The molecule has 0 bridgehead atoms. The molecule has 21 heavy (non-hydrogen) atoms. The Labute approximate surface area is 127 Å². The zero-order valence-corrected chi connectivity index (χ0v) is 12.5. The number of amides is 1. The molecule has 1 saturated heterocycles. The highest BCUT2D eigenvalue weighted by Crippen LogP contribution is 2.17. The first-order chi connectivity index (χ1) is 10.3. The number of ether oxygens (including phenoxy) is 1. The van der Waals surface area contributed by atoms with Crippen LogP contribution < -0.4 is 4.74 Å². The highest BCUT2D eigenvalue weighted by Gasteiger charge is 2.25. The van der Waals surface area contributed by atoms with E-state index >= 15 is 0 Å². The van der Waals surface area contributed by atoms with Gasteiger partial charge in [0.15, 0.2) is 0 Å². The summed E-state index contributed by atoms with van der Waals surface area (Å²) in [7, 11) is 0. The van der Waals surface area contributed by atoms with Crippen LogP contribution in [-0.2, 0) is 11.2 Å². The molecule has 1 amide bonds. The molecule has 0 aromatic carbocycles. The molecule has 2 aromatic rings. The summed E-state index contributed by atoms with van der Waals surface area (Å²) < 4.78 is 5.81. The Morgan fingerprint density at radius 3 is 3.19 bits per heavy atom. The van der Waals surface area contributed by atoms with E-state index in [0.717, 1.165) is 24.9 Å². The van der Waals surface area contributed by atoms with Crippen molar-refractivity contribution in [3.63, 3.8) is 0 Å². The number of nitrogens with zero attached hydrogens (tertiary/aromatic N) is 3. The molecule has 3 rings (SSSR count). The molecule has 0 spiro atoms. The number of carbonyl (C=O) groups is 1. The summed E-state index contributed by atoms with van der Waals surface area (Å²) in [5.74, 6) is 0.690. The normalized spacial score (nSPS) is 18.5. The standard InChI is InChI=1S/C15H17N3O2S/c19-15(8-12-3-7-21-11-12)18-6-1-2-13(10-18)20-14-9-16-4-5-17-14/h3-5,7,9,11,13H,1-2,6,8,10H2/t13-/m0/s1. The van der Waals surface area contributed by atoms with Crippen molar-refractivity contribution in [3.8, 4) is 5.88 Å². The number of likely N-dealkylation sites (tertiary alicyclic amines) is 1. The molecule has 110 valence electrons. The molecule has 5 nitrogen and oxygen atoms in total. The molecule has 1 aliphatic heterocycles. The number of rotatable bonds is 4. The van der Waals surface area contributed by atoms with E-state index in [9.17, 15) is 4.79 Å². The first-order valence-electron chi connectivity index (χ1n) is 7.03. The van der Waals surface area contributed by atoms with Crippen LogP contribution in [0.5, 0.6) is 5.88 Å². The van der Waals surface area contributed by atoms with Crippen LogP contribution in [0.15, 0.2) is 35.4 Å². The average molecular weight is 303 g/mol. The van der Waals surface area contributed by atoms with E-state index in [2.05, 4.69) is 9.97 Å². The zero-order chi connectivity index (χ0) is 14.5. The minimum atomic E-state index is 0.00174. The van der Waals surface area contributed by atoms with Crippen LogP contribution in [-0.4, -0.2) is 40.0 Å². The number of hydrogen-bond donors (Lipinski definition) is 0. The van der Waals surface area contributed by atoms with Gasteiger partial charge in [0.1, 0.15) is 6.10 Å². The van der Waals surface area contributed by atoms with Crippen molar-refractivity contribution in [2.45, 2.75) is 25.4 Å². The molecule has 0 saturated carbocycles. The lowest BCUT2D eigenvalue weighted by Crippen LogP contribution is -2.45. The third kappa shape index (κ3) is 3.78. The third-order valence-corrected chi connectivity index (χ3v) is 4.23. The van der Waals surface area contributed by atoms with Crippen LogP contribution in [0.2, 0.25) is 0 Å². The smallest absolute Gasteiger partial charge is 0.232 e. The Bertz CT molecular complexity index is 574. The van der Waals surface area contributed by atoms with E-state index in [1.165, 1.54) is 0 Å². The van der Waals surface area contributed by atoms with Gasteiger partial charge in [0.25, 0.3) is 0 Å². The van der Waals surface area contributed by atoms with Gasteiger partial charge in [0.05, 0.1) is 19.2 Å². The first kappa shape index (κ1) is 14.0. The van der Waals surface area contributed by atoms with Gasteiger partial charge in [-0.25, -0.2) is 4.98 Å². The molecule has 1 atom stereocenters. The van der Waals surface area contributed by atoms with Crippen molar-refractivity contribution in [1.29, 1.82) is 0 Å². The van der Waals surface area contributed by atoms with Gasteiger partial charge in [0.2, 0.25) is 11.8 Å². The summed E-state index contributed by atoms with van der Waals surface area (Å²) in [6.45, 7) is 1.43. The maximum absolute atomic E-state index is 12.3. The summed E-state index contributed by atoms with van der Waals surface area (Å²) in [5, 5.41) is 4.02. The molecule has 6 heteroatoms. The summed E-state index contributed by atoms with van der Waals surface area (Å²) in [6.07, 6.45) is 7.20. The van der Waals surface area contributed by atoms with Crippen molar-refractivity contribution in [2.75, 3.05) is 13.1 Å². The Morgan fingerprint density at radius 2 is 2.43 bits per heavy atom. The number of hydrogen-bond acceptors (Lipinski definition) is 5. The van der Waals surface area contributed by atoms with Crippen LogP contribution in [0.25, 0.3) is 0 Å².